The van der Waals surface area contributed by atoms with E-state index in [2.05, 4.69) is 15.8 Å². The summed E-state index contributed by atoms with van der Waals surface area (Å²) >= 11 is 17.1. The topological polar surface area (TPSA) is 71.9 Å². The highest BCUT2D eigenvalue weighted by atomic mass is 35.5. The van der Waals surface area contributed by atoms with E-state index in [0.29, 0.717) is 28.6 Å². The van der Waals surface area contributed by atoms with Gasteiger partial charge in [-0.05, 0) is 85.4 Å². The maximum atomic E-state index is 13.0. The SMILES string of the molecule is CCOc1cc(C=NNC(=S)Nc2ccc(F)cc2)ccc1OC(=O)c1ccc(Cl)cc1Cl. The molecular formula is C23H18Cl2FN3O3S. The van der Waals surface area contributed by atoms with Crippen molar-refractivity contribution in [2.45, 2.75) is 6.92 Å². The highest BCUT2D eigenvalue weighted by molar-refractivity contribution is 7.80. The molecule has 0 saturated carbocycles. The fourth-order valence-electron chi connectivity index (χ4n) is 2.63. The zero-order valence-electron chi connectivity index (χ0n) is 17.3. The first kappa shape index (κ1) is 24.4. The molecule has 3 rings (SSSR count). The zero-order chi connectivity index (χ0) is 23.8. The van der Waals surface area contributed by atoms with Crippen LogP contribution < -0.4 is 20.2 Å². The van der Waals surface area contributed by atoms with Crippen molar-refractivity contribution >= 4 is 58.4 Å². The molecule has 0 saturated heterocycles. The van der Waals surface area contributed by atoms with Gasteiger partial charge in [-0.2, -0.15) is 5.10 Å². The van der Waals surface area contributed by atoms with Crippen molar-refractivity contribution in [2.24, 2.45) is 5.10 Å². The van der Waals surface area contributed by atoms with E-state index in [1.807, 2.05) is 6.92 Å². The Bertz CT molecular complexity index is 1190. The molecule has 3 aromatic carbocycles. The van der Waals surface area contributed by atoms with Gasteiger partial charge in [-0.15, -0.1) is 0 Å². The molecule has 0 atom stereocenters. The summed E-state index contributed by atoms with van der Waals surface area (Å²) in [7, 11) is 0. The first-order valence-corrected chi connectivity index (χ1v) is 10.8. The second kappa shape index (κ2) is 11.6. The minimum Gasteiger partial charge on any atom is -0.490 e. The predicted octanol–water partition coefficient (Wildman–Crippen LogP) is 6.07. The lowest BCUT2D eigenvalue weighted by atomic mass is 10.2. The van der Waals surface area contributed by atoms with E-state index in [1.54, 1.807) is 36.4 Å². The minimum absolute atomic E-state index is 0.181. The lowest BCUT2D eigenvalue weighted by molar-refractivity contribution is 0.0728. The Hall–Kier alpha value is -3.20. The number of nitrogens with one attached hydrogen (secondary N) is 2. The second-order valence-corrected chi connectivity index (χ2v) is 7.74. The highest BCUT2D eigenvalue weighted by Gasteiger charge is 2.16. The molecule has 6 nitrogen and oxygen atoms in total. The van der Waals surface area contributed by atoms with Crippen molar-refractivity contribution in [3.63, 3.8) is 0 Å². The van der Waals surface area contributed by atoms with Crippen molar-refractivity contribution in [1.82, 2.24) is 5.43 Å². The normalized spacial score (nSPS) is 10.7. The van der Waals surface area contributed by atoms with Crippen LogP contribution in [0.25, 0.3) is 0 Å². The standard InChI is InChI=1S/C23H18Cl2FN3O3S/c1-2-31-21-11-14(13-27-29-23(33)28-17-7-5-16(26)6-8-17)3-10-20(21)32-22(30)18-9-4-15(24)12-19(18)25/h3-13H,2H2,1H3,(H2,28,29,33). The second-order valence-electron chi connectivity index (χ2n) is 6.48. The van der Waals surface area contributed by atoms with Gasteiger partial charge in [-0.1, -0.05) is 23.2 Å². The molecule has 0 aliphatic carbocycles. The fourth-order valence-corrected chi connectivity index (χ4v) is 3.28. The average Bonchev–Trinajstić information content (AvgIpc) is 2.77. The molecular weight excluding hydrogens is 488 g/mol. The van der Waals surface area contributed by atoms with E-state index < -0.39 is 5.97 Å². The van der Waals surface area contributed by atoms with E-state index >= 15 is 0 Å². The van der Waals surface area contributed by atoms with Gasteiger partial charge in [0.05, 0.1) is 23.4 Å². The van der Waals surface area contributed by atoms with Crippen molar-refractivity contribution in [2.75, 3.05) is 11.9 Å². The number of halogens is 3. The lowest BCUT2D eigenvalue weighted by Crippen LogP contribution is -2.23. The number of benzene rings is 3. The van der Waals surface area contributed by atoms with Crippen LogP contribution >= 0.6 is 35.4 Å². The van der Waals surface area contributed by atoms with Crippen LogP contribution in [0.5, 0.6) is 11.5 Å². The molecule has 2 N–H and O–H groups in total. The third-order valence-corrected chi connectivity index (χ3v) is 4.84. The van der Waals surface area contributed by atoms with Crippen molar-refractivity contribution in [3.05, 3.63) is 87.7 Å². The number of rotatable bonds is 7. The van der Waals surface area contributed by atoms with Crippen LogP contribution in [0.2, 0.25) is 10.0 Å². The summed E-state index contributed by atoms with van der Waals surface area (Å²) < 4.78 is 24.0. The number of hydrazone groups is 1. The molecule has 0 aliphatic heterocycles. The Morgan fingerprint density at radius 3 is 2.55 bits per heavy atom. The third-order valence-electron chi connectivity index (χ3n) is 4.10. The molecule has 0 bridgehead atoms. The molecule has 10 heteroatoms. The molecule has 0 amide bonds. The van der Waals surface area contributed by atoms with E-state index in [1.165, 1.54) is 30.5 Å². The summed E-state index contributed by atoms with van der Waals surface area (Å²) in [5.74, 6) is -0.399. The van der Waals surface area contributed by atoms with Gasteiger partial charge >= 0.3 is 5.97 Å². The first-order chi connectivity index (χ1) is 15.9. The quantitative estimate of drug-likeness (QED) is 0.133. The van der Waals surface area contributed by atoms with Crippen molar-refractivity contribution in [3.8, 4) is 11.5 Å². The maximum absolute atomic E-state index is 13.0. The van der Waals surface area contributed by atoms with Crippen molar-refractivity contribution in [1.29, 1.82) is 0 Å². The number of thiocarbonyl (C=S) groups is 1. The summed E-state index contributed by atoms with van der Waals surface area (Å²) in [6.07, 6.45) is 1.52. The Morgan fingerprint density at radius 2 is 1.85 bits per heavy atom. The largest absolute Gasteiger partial charge is 0.490 e. The van der Waals surface area contributed by atoms with E-state index in [9.17, 15) is 9.18 Å². The maximum Gasteiger partial charge on any atom is 0.345 e. The molecule has 170 valence electrons. The van der Waals surface area contributed by atoms with Gasteiger partial charge in [-0.25, -0.2) is 9.18 Å². The Morgan fingerprint density at radius 1 is 1.09 bits per heavy atom. The van der Waals surface area contributed by atoms with E-state index in [0.717, 1.165) is 0 Å². The fraction of sp³-hybridized carbons (Fsp3) is 0.0870. The number of carbonyl (C=O) groups is 1. The van der Waals surface area contributed by atoms with Crippen molar-refractivity contribution < 1.29 is 18.7 Å². The molecule has 0 unspecified atom stereocenters. The van der Waals surface area contributed by atoms with Gasteiger partial charge in [0, 0.05) is 10.7 Å². The molecule has 0 heterocycles. The summed E-state index contributed by atoms with van der Waals surface area (Å²) in [5.41, 5.74) is 4.14. The van der Waals surface area contributed by atoms with Gasteiger partial charge in [-0.3, -0.25) is 5.43 Å². The van der Waals surface area contributed by atoms with Crippen LogP contribution in [0.3, 0.4) is 0 Å². The van der Waals surface area contributed by atoms with Gasteiger partial charge in [0.2, 0.25) is 0 Å². The van der Waals surface area contributed by atoms with Crippen LogP contribution in [0.1, 0.15) is 22.8 Å². The molecule has 0 spiro atoms. The number of ether oxygens (including phenoxy) is 2. The molecule has 3 aromatic rings. The lowest BCUT2D eigenvalue weighted by Gasteiger charge is -2.12. The molecule has 33 heavy (non-hydrogen) atoms. The van der Waals surface area contributed by atoms with Gasteiger partial charge in [0.25, 0.3) is 0 Å². The number of carbonyl (C=O) groups excluding carboxylic acids is 1. The number of esters is 1. The number of hydrogen-bond acceptors (Lipinski definition) is 5. The smallest absolute Gasteiger partial charge is 0.345 e. The monoisotopic (exact) mass is 505 g/mol. The number of nitrogens with zero attached hydrogens (tertiary/aromatic N) is 1. The molecule has 0 aliphatic rings. The van der Waals surface area contributed by atoms with Gasteiger partial charge in [0.15, 0.2) is 16.6 Å². The van der Waals surface area contributed by atoms with Crippen LogP contribution in [-0.4, -0.2) is 23.9 Å². The van der Waals surface area contributed by atoms with E-state index in [4.69, 9.17) is 44.9 Å². The summed E-state index contributed by atoms with van der Waals surface area (Å²) in [4.78, 5) is 12.5. The minimum atomic E-state index is -0.641. The summed E-state index contributed by atoms with van der Waals surface area (Å²) in [5, 5.41) is 7.78. The van der Waals surface area contributed by atoms with Crippen LogP contribution in [0.4, 0.5) is 10.1 Å². The molecule has 0 radical (unpaired) electrons. The highest BCUT2D eigenvalue weighted by Crippen LogP contribution is 2.30. The Labute approximate surface area is 205 Å². The van der Waals surface area contributed by atoms with Crippen LogP contribution in [0.15, 0.2) is 65.8 Å². The Kier molecular flexibility index (Phi) is 8.59. The Balaban J connectivity index is 1.66. The van der Waals surface area contributed by atoms with E-state index in [-0.39, 0.29) is 27.3 Å². The van der Waals surface area contributed by atoms with Crippen LogP contribution in [0, 0.1) is 5.82 Å². The zero-order valence-corrected chi connectivity index (χ0v) is 19.6. The third kappa shape index (κ3) is 7.15. The number of anilines is 1. The molecule has 0 fully saturated rings. The predicted molar refractivity (Wildman–Crippen MR) is 132 cm³/mol. The summed E-state index contributed by atoms with van der Waals surface area (Å²) in [6.45, 7) is 2.17. The summed E-state index contributed by atoms with van der Waals surface area (Å²) in [6, 6.07) is 15.2. The molecule has 0 aromatic heterocycles. The number of hydrogen-bond donors (Lipinski definition) is 2. The average molecular weight is 506 g/mol. The first-order valence-electron chi connectivity index (χ1n) is 9.65. The van der Waals surface area contributed by atoms with Crippen LogP contribution in [-0.2, 0) is 0 Å². The van der Waals surface area contributed by atoms with Gasteiger partial charge in [0.1, 0.15) is 5.82 Å². The van der Waals surface area contributed by atoms with Gasteiger partial charge < -0.3 is 14.8 Å².